The third-order valence-electron chi connectivity index (χ3n) is 3.29. The molecule has 2 rings (SSSR count). The van der Waals surface area contributed by atoms with E-state index in [9.17, 15) is 5.11 Å². The summed E-state index contributed by atoms with van der Waals surface area (Å²) in [7, 11) is 0. The molecule has 2 aliphatic rings. The van der Waals surface area contributed by atoms with Crippen LogP contribution in [0.1, 0.15) is 32.1 Å². The van der Waals surface area contributed by atoms with E-state index in [4.69, 9.17) is 5.73 Å². The summed E-state index contributed by atoms with van der Waals surface area (Å²) in [6.07, 6.45) is 5.64. The van der Waals surface area contributed by atoms with Gasteiger partial charge in [-0.1, -0.05) is 19.3 Å². The smallest absolute Gasteiger partial charge is 0.0774 e. The summed E-state index contributed by atoms with van der Waals surface area (Å²) < 4.78 is 0. The van der Waals surface area contributed by atoms with Gasteiger partial charge < -0.3 is 10.8 Å². The molecule has 1 aliphatic carbocycles. The van der Waals surface area contributed by atoms with Crippen molar-refractivity contribution in [3.63, 3.8) is 0 Å². The van der Waals surface area contributed by atoms with Crippen LogP contribution in [0, 0.1) is 0 Å². The number of nitrogens with two attached hydrogens (primary N) is 1. The average Bonchev–Trinajstić information content (AvgIpc) is 2.02. The SMILES string of the molecule is NC1CN(CC2(O)CCCCC2)C1. The Labute approximate surface area is 79.9 Å². The molecule has 0 amide bonds. The lowest BCUT2D eigenvalue weighted by atomic mass is 9.84. The molecule has 0 radical (unpaired) electrons. The number of β-amino-alcohol motifs (C(OH)–C–C–N with tert-alkyl or cyclic N) is 1. The standard InChI is InChI=1S/C10H20N2O/c11-9-6-12(7-9)8-10(13)4-2-1-3-5-10/h9,13H,1-8,11H2. The predicted molar refractivity (Wildman–Crippen MR) is 52.5 cm³/mol. The van der Waals surface area contributed by atoms with Gasteiger partial charge in [-0.2, -0.15) is 0 Å². The second-order valence-corrected chi connectivity index (χ2v) is 4.74. The van der Waals surface area contributed by atoms with Gasteiger partial charge in [-0.25, -0.2) is 0 Å². The van der Waals surface area contributed by atoms with Crippen molar-refractivity contribution in [2.75, 3.05) is 19.6 Å². The second kappa shape index (κ2) is 3.56. The fourth-order valence-electron chi connectivity index (χ4n) is 2.52. The minimum absolute atomic E-state index is 0.354. The van der Waals surface area contributed by atoms with Gasteiger partial charge in [-0.05, 0) is 12.8 Å². The van der Waals surface area contributed by atoms with Crippen molar-refractivity contribution in [2.24, 2.45) is 5.73 Å². The molecule has 3 heteroatoms. The number of hydrogen-bond donors (Lipinski definition) is 2. The van der Waals surface area contributed by atoms with E-state index >= 15 is 0 Å². The number of aliphatic hydroxyl groups is 1. The quantitative estimate of drug-likeness (QED) is 0.650. The van der Waals surface area contributed by atoms with Crippen molar-refractivity contribution in [3.05, 3.63) is 0 Å². The van der Waals surface area contributed by atoms with Gasteiger partial charge in [0.25, 0.3) is 0 Å². The summed E-state index contributed by atoms with van der Waals surface area (Å²) in [6.45, 7) is 2.80. The van der Waals surface area contributed by atoms with Crippen LogP contribution in [0.2, 0.25) is 0 Å². The lowest BCUT2D eigenvalue weighted by Crippen LogP contribution is -2.60. The Kier molecular flexibility index (Phi) is 2.58. The van der Waals surface area contributed by atoms with E-state index in [2.05, 4.69) is 4.90 Å². The fourth-order valence-corrected chi connectivity index (χ4v) is 2.52. The van der Waals surface area contributed by atoms with Gasteiger partial charge in [0.1, 0.15) is 0 Å². The molecule has 2 fully saturated rings. The van der Waals surface area contributed by atoms with Crippen LogP contribution in [0.5, 0.6) is 0 Å². The fraction of sp³-hybridized carbons (Fsp3) is 1.00. The highest BCUT2D eigenvalue weighted by molar-refractivity contribution is 4.91. The zero-order valence-corrected chi connectivity index (χ0v) is 8.21. The van der Waals surface area contributed by atoms with Crippen molar-refractivity contribution >= 4 is 0 Å². The first-order valence-corrected chi connectivity index (χ1v) is 5.38. The van der Waals surface area contributed by atoms with E-state index in [0.29, 0.717) is 6.04 Å². The number of nitrogens with zero attached hydrogens (tertiary/aromatic N) is 1. The summed E-state index contributed by atoms with van der Waals surface area (Å²) in [5.41, 5.74) is 5.30. The summed E-state index contributed by atoms with van der Waals surface area (Å²) in [6, 6.07) is 0.354. The van der Waals surface area contributed by atoms with E-state index in [1.165, 1.54) is 19.3 Å². The molecule has 0 aromatic carbocycles. The topological polar surface area (TPSA) is 49.5 Å². The Balaban J connectivity index is 1.78. The van der Waals surface area contributed by atoms with Gasteiger partial charge in [0, 0.05) is 25.7 Å². The Bertz CT molecular complexity index is 172. The Hall–Kier alpha value is -0.120. The highest BCUT2D eigenvalue weighted by Crippen LogP contribution is 2.29. The van der Waals surface area contributed by atoms with Crippen molar-refractivity contribution in [1.29, 1.82) is 0 Å². The largest absolute Gasteiger partial charge is 0.389 e. The lowest BCUT2D eigenvalue weighted by molar-refractivity contribution is -0.0433. The van der Waals surface area contributed by atoms with E-state index in [1.54, 1.807) is 0 Å². The van der Waals surface area contributed by atoms with Gasteiger partial charge in [-0.15, -0.1) is 0 Å². The van der Waals surface area contributed by atoms with Gasteiger partial charge in [0.15, 0.2) is 0 Å². The van der Waals surface area contributed by atoms with E-state index < -0.39 is 5.60 Å². The van der Waals surface area contributed by atoms with Gasteiger partial charge in [-0.3, -0.25) is 4.90 Å². The minimum atomic E-state index is -0.390. The molecule has 13 heavy (non-hydrogen) atoms. The molecule has 1 aliphatic heterocycles. The number of rotatable bonds is 2. The van der Waals surface area contributed by atoms with Gasteiger partial charge in [0.05, 0.1) is 5.60 Å². The van der Waals surface area contributed by atoms with Crippen LogP contribution in [0.25, 0.3) is 0 Å². The normalized spacial score (nSPS) is 30.0. The molecule has 0 aromatic rings. The van der Waals surface area contributed by atoms with E-state index in [0.717, 1.165) is 32.5 Å². The molecule has 0 atom stereocenters. The van der Waals surface area contributed by atoms with Crippen LogP contribution in [0.3, 0.4) is 0 Å². The monoisotopic (exact) mass is 184 g/mol. The highest BCUT2D eigenvalue weighted by Gasteiger charge is 2.34. The molecule has 3 N–H and O–H groups in total. The van der Waals surface area contributed by atoms with Crippen LogP contribution in [0.15, 0.2) is 0 Å². The predicted octanol–water partition coefficient (Wildman–Crippen LogP) is 0.324. The lowest BCUT2D eigenvalue weighted by Gasteiger charge is -2.43. The zero-order chi connectivity index (χ0) is 9.31. The highest BCUT2D eigenvalue weighted by atomic mass is 16.3. The molecular weight excluding hydrogens is 164 g/mol. The first kappa shape index (κ1) is 9.44. The molecule has 1 heterocycles. The third kappa shape index (κ3) is 2.22. The van der Waals surface area contributed by atoms with E-state index in [1.807, 2.05) is 0 Å². The van der Waals surface area contributed by atoms with Crippen molar-refractivity contribution in [2.45, 2.75) is 43.7 Å². The maximum absolute atomic E-state index is 10.2. The third-order valence-corrected chi connectivity index (χ3v) is 3.29. The van der Waals surface area contributed by atoms with Gasteiger partial charge >= 0.3 is 0 Å². The van der Waals surface area contributed by atoms with Crippen LogP contribution in [-0.4, -0.2) is 41.3 Å². The Morgan fingerprint density at radius 1 is 1.23 bits per heavy atom. The molecule has 0 unspecified atom stereocenters. The van der Waals surface area contributed by atoms with Crippen molar-refractivity contribution < 1.29 is 5.11 Å². The van der Waals surface area contributed by atoms with Crippen LogP contribution in [0.4, 0.5) is 0 Å². The molecule has 76 valence electrons. The molecule has 0 aromatic heterocycles. The van der Waals surface area contributed by atoms with Gasteiger partial charge in [0.2, 0.25) is 0 Å². The summed E-state index contributed by atoms with van der Waals surface area (Å²) in [4.78, 5) is 2.27. The molecule has 3 nitrogen and oxygen atoms in total. The Morgan fingerprint density at radius 2 is 1.85 bits per heavy atom. The summed E-state index contributed by atoms with van der Waals surface area (Å²) >= 11 is 0. The van der Waals surface area contributed by atoms with Crippen molar-refractivity contribution in [1.82, 2.24) is 4.90 Å². The molecule has 1 saturated carbocycles. The minimum Gasteiger partial charge on any atom is -0.389 e. The number of likely N-dealkylation sites (tertiary alicyclic amines) is 1. The zero-order valence-electron chi connectivity index (χ0n) is 8.21. The summed E-state index contributed by atoms with van der Waals surface area (Å²) in [5, 5.41) is 10.2. The van der Waals surface area contributed by atoms with E-state index in [-0.39, 0.29) is 0 Å². The maximum Gasteiger partial charge on any atom is 0.0774 e. The molecular formula is C10H20N2O. The summed E-state index contributed by atoms with van der Waals surface area (Å²) in [5.74, 6) is 0. The van der Waals surface area contributed by atoms with Crippen LogP contribution in [-0.2, 0) is 0 Å². The average molecular weight is 184 g/mol. The number of hydrogen-bond acceptors (Lipinski definition) is 3. The maximum atomic E-state index is 10.2. The molecule has 0 spiro atoms. The van der Waals surface area contributed by atoms with Crippen molar-refractivity contribution in [3.8, 4) is 0 Å². The second-order valence-electron chi connectivity index (χ2n) is 4.74. The first-order valence-electron chi connectivity index (χ1n) is 5.38. The van der Waals surface area contributed by atoms with Crippen LogP contribution >= 0.6 is 0 Å². The molecule has 0 bridgehead atoms. The first-order chi connectivity index (χ1) is 6.18. The molecule has 1 saturated heterocycles. The van der Waals surface area contributed by atoms with Crippen LogP contribution < -0.4 is 5.73 Å². The Morgan fingerprint density at radius 3 is 2.38 bits per heavy atom.